The smallest absolute Gasteiger partial charge is 0.222 e. The number of hydrogen-bond acceptors (Lipinski definition) is 4. The number of nitrogens with zero attached hydrogens (tertiary/aromatic N) is 2. The molecular formula is C23H29N3O2. The van der Waals surface area contributed by atoms with Crippen molar-refractivity contribution < 1.29 is 9.53 Å². The Labute approximate surface area is 166 Å². The Kier molecular flexibility index (Phi) is 5.60. The molecule has 2 aromatic rings. The Morgan fingerprint density at radius 2 is 2.00 bits per heavy atom. The standard InChI is InChI=1S/C23H29N3O2/c1-15(27)24-23-21(12-8-16-6-4-3-5-7-16)25-22-19-11-10-18(28-2)14-17(19)9-13-20(22)26-23/h10-11,14,16H,3-9,12-13H2,1-2H3,(H,24,26,27). The molecule has 0 bridgehead atoms. The number of amides is 1. The van der Waals surface area contributed by atoms with E-state index in [2.05, 4.69) is 17.4 Å². The molecule has 28 heavy (non-hydrogen) atoms. The van der Waals surface area contributed by atoms with Gasteiger partial charge in [-0.15, -0.1) is 0 Å². The molecule has 1 aromatic heterocycles. The van der Waals surface area contributed by atoms with Crippen LogP contribution in [0, 0.1) is 5.92 Å². The summed E-state index contributed by atoms with van der Waals surface area (Å²) in [5, 5.41) is 2.92. The summed E-state index contributed by atoms with van der Waals surface area (Å²) < 4.78 is 5.38. The summed E-state index contributed by atoms with van der Waals surface area (Å²) in [6, 6.07) is 6.17. The van der Waals surface area contributed by atoms with Crippen LogP contribution in [0.3, 0.4) is 0 Å². The molecule has 2 aliphatic carbocycles. The molecule has 1 fully saturated rings. The molecule has 1 heterocycles. The quantitative estimate of drug-likeness (QED) is 0.816. The zero-order chi connectivity index (χ0) is 19.5. The molecule has 5 heteroatoms. The molecule has 1 aromatic carbocycles. The number of carbonyl (C=O) groups excluding carboxylic acids is 1. The number of nitrogens with one attached hydrogen (secondary N) is 1. The maximum absolute atomic E-state index is 11.7. The lowest BCUT2D eigenvalue weighted by atomic mass is 9.85. The fourth-order valence-corrected chi connectivity index (χ4v) is 4.54. The predicted molar refractivity (Wildman–Crippen MR) is 111 cm³/mol. The minimum absolute atomic E-state index is 0.0888. The van der Waals surface area contributed by atoms with Gasteiger partial charge in [-0.25, -0.2) is 9.97 Å². The van der Waals surface area contributed by atoms with Crippen LogP contribution in [0.1, 0.15) is 62.4 Å². The molecule has 2 aliphatic rings. The predicted octanol–water partition coefficient (Wildman–Crippen LogP) is 4.72. The van der Waals surface area contributed by atoms with Crippen LogP contribution in [0.5, 0.6) is 5.75 Å². The third-order valence-corrected chi connectivity index (χ3v) is 6.05. The summed E-state index contributed by atoms with van der Waals surface area (Å²) in [5.41, 5.74) is 5.26. The number of benzene rings is 1. The summed E-state index contributed by atoms with van der Waals surface area (Å²) in [7, 11) is 1.70. The number of hydrogen-bond donors (Lipinski definition) is 1. The van der Waals surface area contributed by atoms with Crippen LogP contribution in [0.25, 0.3) is 11.3 Å². The van der Waals surface area contributed by atoms with Crippen molar-refractivity contribution in [3.8, 4) is 17.0 Å². The Morgan fingerprint density at radius 1 is 1.18 bits per heavy atom. The minimum atomic E-state index is -0.0888. The Balaban J connectivity index is 1.66. The third kappa shape index (κ3) is 4.03. The highest BCUT2D eigenvalue weighted by Gasteiger charge is 2.23. The summed E-state index contributed by atoms with van der Waals surface area (Å²) in [6.45, 7) is 1.54. The monoisotopic (exact) mass is 379 g/mol. The van der Waals surface area contributed by atoms with Gasteiger partial charge in [-0.2, -0.15) is 0 Å². The average Bonchev–Trinajstić information content (AvgIpc) is 2.72. The Hall–Kier alpha value is -2.43. The normalized spacial score (nSPS) is 16.2. The summed E-state index contributed by atoms with van der Waals surface area (Å²) in [4.78, 5) is 21.6. The van der Waals surface area contributed by atoms with Gasteiger partial charge in [0.15, 0.2) is 5.82 Å². The maximum Gasteiger partial charge on any atom is 0.222 e. The Morgan fingerprint density at radius 3 is 2.75 bits per heavy atom. The van der Waals surface area contributed by atoms with E-state index in [1.165, 1.54) is 44.6 Å². The lowest BCUT2D eigenvalue weighted by Crippen LogP contribution is -2.17. The van der Waals surface area contributed by atoms with Crippen molar-refractivity contribution in [2.24, 2.45) is 5.92 Å². The van der Waals surface area contributed by atoms with Gasteiger partial charge >= 0.3 is 0 Å². The van der Waals surface area contributed by atoms with Crippen LogP contribution < -0.4 is 10.1 Å². The number of anilines is 1. The second kappa shape index (κ2) is 8.29. The zero-order valence-corrected chi connectivity index (χ0v) is 16.9. The molecule has 1 saturated carbocycles. The number of fused-ring (bicyclic) bond motifs is 3. The highest BCUT2D eigenvalue weighted by atomic mass is 16.5. The third-order valence-electron chi connectivity index (χ3n) is 6.05. The van der Waals surface area contributed by atoms with E-state index in [0.29, 0.717) is 5.82 Å². The number of ether oxygens (including phenoxy) is 1. The number of rotatable bonds is 5. The van der Waals surface area contributed by atoms with Crippen molar-refractivity contribution >= 4 is 11.7 Å². The molecule has 0 aliphatic heterocycles. The van der Waals surface area contributed by atoms with Crippen molar-refractivity contribution in [3.63, 3.8) is 0 Å². The first-order chi connectivity index (χ1) is 13.6. The van der Waals surface area contributed by atoms with Crippen LogP contribution in [0.4, 0.5) is 5.82 Å². The van der Waals surface area contributed by atoms with E-state index in [1.54, 1.807) is 7.11 Å². The molecule has 0 saturated heterocycles. The number of aryl methyl sites for hydroxylation is 3. The van der Waals surface area contributed by atoms with E-state index in [1.807, 2.05) is 6.07 Å². The van der Waals surface area contributed by atoms with Gasteiger partial charge in [-0.3, -0.25) is 4.79 Å². The second-order valence-corrected chi connectivity index (χ2v) is 8.06. The number of carbonyl (C=O) groups is 1. The van der Waals surface area contributed by atoms with Gasteiger partial charge in [0.25, 0.3) is 0 Å². The van der Waals surface area contributed by atoms with Gasteiger partial charge in [0, 0.05) is 12.5 Å². The molecule has 0 spiro atoms. The first kappa shape index (κ1) is 18.9. The molecule has 5 nitrogen and oxygen atoms in total. The summed E-state index contributed by atoms with van der Waals surface area (Å²) in [5.74, 6) is 2.21. The van der Waals surface area contributed by atoms with Gasteiger partial charge in [-0.1, -0.05) is 32.1 Å². The minimum Gasteiger partial charge on any atom is -0.497 e. The van der Waals surface area contributed by atoms with E-state index < -0.39 is 0 Å². The van der Waals surface area contributed by atoms with Crippen molar-refractivity contribution in [1.82, 2.24) is 9.97 Å². The lowest BCUT2D eigenvalue weighted by molar-refractivity contribution is -0.114. The van der Waals surface area contributed by atoms with Crippen molar-refractivity contribution in [1.29, 1.82) is 0 Å². The van der Waals surface area contributed by atoms with E-state index in [0.717, 1.165) is 60.0 Å². The number of aromatic nitrogens is 2. The van der Waals surface area contributed by atoms with Crippen molar-refractivity contribution in [3.05, 3.63) is 35.2 Å². The summed E-state index contributed by atoms with van der Waals surface area (Å²) in [6.07, 6.45) is 10.4. The fraction of sp³-hybridized carbons (Fsp3) is 0.522. The van der Waals surface area contributed by atoms with Crippen LogP contribution in [-0.4, -0.2) is 23.0 Å². The Bertz CT molecular complexity index is 872. The molecule has 1 N–H and O–H groups in total. The SMILES string of the molecule is COc1ccc2c(c1)CCc1nc(NC(C)=O)c(CCC3CCCCC3)nc1-2. The summed E-state index contributed by atoms with van der Waals surface area (Å²) >= 11 is 0. The van der Waals surface area contributed by atoms with Crippen LogP contribution in [0.2, 0.25) is 0 Å². The lowest BCUT2D eigenvalue weighted by Gasteiger charge is -2.23. The average molecular weight is 380 g/mol. The zero-order valence-electron chi connectivity index (χ0n) is 16.9. The van der Waals surface area contributed by atoms with Gasteiger partial charge < -0.3 is 10.1 Å². The van der Waals surface area contributed by atoms with Crippen LogP contribution in [-0.2, 0) is 24.1 Å². The first-order valence-corrected chi connectivity index (χ1v) is 10.5. The molecular weight excluding hydrogens is 350 g/mol. The molecule has 0 atom stereocenters. The van der Waals surface area contributed by atoms with Crippen molar-refractivity contribution in [2.75, 3.05) is 12.4 Å². The van der Waals surface area contributed by atoms with Gasteiger partial charge in [-0.05, 0) is 55.4 Å². The second-order valence-electron chi connectivity index (χ2n) is 8.06. The van der Waals surface area contributed by atoms with Gasteiger partial charge in [0.2, 0.25) is 5.91 Å². The van der Waals surface area contributed by atoms with E-state index in [9.17, 15) is 4.79 Å². The molecule has 0 radical (unpaired) electrons. The fourth-order valence-electron chi connectivity index (χ4n) is 4.54. The number of methoxy groups -OCH3 is 1. The highest BCUT2D eigenvalue weighted by molar-refractivity contribution is 5.88. The molecule has 4 rings (SSSR count). The van der Waals surface area contributed by atoms with E-state index >= 15 is 0 Å². The first-order valence-electron chi connectivity index (χ1n) is 10.5. The van der Waals surface area contributed by atoms with Gasteiger partial charge in [0.1, 0.15) is 5.75 Å². The maximum atomic E-state index is 11.7. The largest absolute Gasteiger partial charge is 0.497 e. The molecule has 1 amide bonds. The van der Waals surface area contributed by atoms with Crippen molar-refractivity contribution in [2.45, 2.75) is 64.7 Å². The van der Waals surface area contributed by atoms with E-state index in [-0.39, 0.29) is 5.91 Å². The topological polar surface area (TPSA) is 64.1 Å². The van der Waals surface area contributed by atoms with E-state index in [4.69, 9.17) is 14.7 Å². The molecule has 0 unspecified atom stereocenters. The molecule has 148 valence electrons. The van der Waals surface area contributed by atoms with Crippen LogP contribution >= 0.6 is 0 Å². The van der Waals surface area contributed by atoms with Crippen LogP contribution in [0.15, 0.2) is 18.2 Å². The van der Waals surface area contributed by atoms with Gasteiger partial charge in [0.05, 0.1) is 24.2 Å². The highest BCUT2D eigenvalue weighted by Crippen LogP contribution is 2.35.